The Kier molecular flexibility index (Phi) is 5.60. The summed E-state index contributed by atoms with van der Waals surface area (Å²) in [6, 6.07) is 22.8. The smallest absolute Gasteiger partial charge is 0.228 e. The third kappa shape index (κ3) is 4.63. The lowest BCUT2D eigenvalue weighted by atomic mass is 10.1. The molecule has 1 aliphatic rings. The molecule has 138 valence electrons. The van der Waals surface area contributed by atoms with Crippen LogP contribution in [0.5, 0.6) is 0 Å². The summed E-state index contributed by atoms with van der Waals surface area (Å²) in [6.45, 7) is 3.91. The zero-order valence-electron chi connectivity index (χ0n) is 15.3. The number of benzene rings is 2. The molecule has 2 heterocycles. The zero-order chi connectivity index (χ0) is 18.3. The number of hydrogen-bond acceptors (Lipinski definition) is 5. The molecule has 0 radical (unpaired) electrons. The summed E-state index contributed by atoms with van der Waals surface area (Å²) in [5.41, 5.74) is 3.35. The van der Waals surface area contributed by atoms with E-state index in [2.05, 4.69) is 46.6 Å². The quantitative estimate of drug-likeness (QED) is 0.727. The molecule has 1 N–H and O–H groups in total. The molecule has 0 saturated carbocycles. The summed E-state index contributed by atoms with van der Waals surface area (Å²) < 4.78 is 5.47. The van der Waals surface area contributed by atoms with Gasteiger partial charge in [-0.25, -0.2) is 4.98 Å². The van der Waals surface area contributed by atoms with Crippen LogP contribution in [-0.4, -0.2) is 42.8 Å². The summed E-state index contributed by atoms with van der Waals surface area (Å²) in [7, 11) is 0. The molecular formula is C22H24N4O. The fourth-order valence-electron chi connectivity index (χ4n) is 3.17. The Morgan fingerprint density at radius 3 is 2.33 bits per heavy atom. The van der Waals surface area contributed by atoms with Gasteiger partial charge in [-0.1, -0.05) is 60.7 Å². The number of ether oxygens (including phenoxy) is 1. The highest BCUT2D eigenvalue weighted by atomic mass is 16.5. The van der Waals surface area contributed by atoms with E-state index in [-0.39, 0.29) is 0 Å². The van der Waals surface area contributed by atoms with Crippen molar-refractivity contribution in [3.05, 3.63) is 72.3 Å². The lowest BCUT2D eigenvalue weighted by molar-refractivity contribution is 0.122. The van der Waals surface area contributed by atoms with Gasteiger partial charge in [-0.05, 0) is 12.0 Å². The van der Waals surface area contributed by atoms with Crippen LogP contribution in [0.4, 0.5) is 11.8 Å². The van der Waals surface area contributed by atoms with E-state index in [1.807, 2.05) is 30.3 Å². The van der Waals surface area contributed by atoms with Gasteiger partial charge in [0.05, 0.1) is 18.9 Å². The molecule has 0 amide bonds. The molecule has 1 fully saturated rings. The van der Waals surface area contributed by atoms with Gasteiger partial charge < -0.3 is 15.0 Å². The molecule has 0 unspecified atom stereocenters. The van der Waals surface area contributed by atoms with Crippen LogP contribution in [-0.2, 0) is 11.2 Å². The summed E-state index contributed by atoms with van der Waals surface area (Å²) in [5, 5.41) is 3.47. The van der Waals surface area contributed by atoms with Crippen molar-refractivity contribution in [3.63, 3.8) is 0 Å². The minimum atomic E-state index is 0.718. The summed E-state index contributed by atoms with van der Waals surface area (Å²) >= 11 is 0. The van der Waals surface area contributed by atoms with E-state index in [4.69, 9.17) is 14.7 Å². The molecule has 5 heteroatoms. The molecule has 0 atom stereocenters. The Morgan fingerprint density at radius 1 is 0.889 bits per heavy atom. The number of nitrogens with one attached hydrogen (secondary N) is 1. The number of morpholine rings is 1. The summed E-state index contributed by atoms with van der Waals surface area (Å²) in [4.78, 5) is 11.8. The highest BCUT2D eigenvalue weighted by Crippen LogP contribution is 2.23. The van der Waals surface area contributed by atoms with Crippen LogP contribution < -0.4 is 10.2 Å². The van der Waals surface area contributed by atoms with Crippen LogP contribution >= 0.6 is 0 Å². The zero-order valence-corrected chi connectivity index (χ0v) is 15.3. The van der Waals surface area contributed by atoms with Crippen molar-refractivity contribution in [2.24, 2.45) is 0 Å². The van der Waals surface area contributed by atoms with E-state index in [9.17, 15) is 0 Å². The summed E-state index contributed by atoms with van der Waals surface area (Å²) in [6.07, 6.45) is 0.957. The van der Waals surface area contributed by atoms with Crippen LogP contribution in [0.2, 0.25) is 0 Å². The van der Waals surface area contributed by atoms with Crippen LogP contribution in [0.3, 0.4) is 0 Å². The lowest BCUT2D eigenvalue weighted by Crippen LogP contribution is -2.37. The first kappa shape index (κ1) is 17.5. The molecule has 1 aromatic heterocycles. The van der Waals surface area contributed by atoms with Crippen molar-refractivity contribution >= 4 is 11.8 Å². The second kappa shape index (κ2) is 8.64. The second-order valence-corrected chi connectivity index (χ2v) is 6.57. The second-order valence-electron chi connectivity index (χ2n) is 6.57. The predicted molar refractivity (Wildman–Crippen MR) is 109 cm³/mol. The number of hydrogen-bond donors (Lipinski definition) is 1. The number of rotatable bonds is 6. The van der Waals surface area contributed by atoms with E-state index in [1.54, 1.807) is 0 Å². The first-order valence-corrected chi connectivity index (χ1v) is 9.43. The molecule has 5 nitrogen and oxygen atoms in total. The van der Waals surface area contributed by atoms with Gasteiger partial charge in [0.2, 0.25) is 5.95 Å². The highest BCUT2D eigenvalue weighted by molar-refractivity contribution is 5.64. The normalized spacial score (nSPS) is 14.1. The van der Waals surface area contributed by atoms with Crippen LogP contribution in [0.1, 0.15) is 5.56 Å². The maximum Gasteiger partial charge on any atom is 0.228 e. The van der Waals surface area contributed by atoms with E-state index < -0.39 is 0 Å². The third-order valence-electron chi connectivity index (χ3n) is 4.64. The molecule has 27 heavy (non-hydrogen) atoms. The summed E-state index contributed by atoms with van der Waals surface area (Å²) in [5.74, 6) is 1.63. The molecule has 2 aromatic carbocycles. The van der Waals surface area contributed by atoms with Gasteiger partial charge >= 0.3 is 0 Å². The molecule has 0 spiro atoms. The minimum absolute atomic E-state index is 0.718. The van der Waals surface area contributed by atoms with Gasteiger partial charge in [0.15, 0.2) is 0 Å². The number of nitrogens with zero attached hydrogens (tertiary/aromatic N) is 3. The standard InChI is InChI=1S/C22H24N4O/c1-3-7-18(8-4-1)11-12-23-21-17-20(19-9-5-2-6-10-19)24-22(25-21)26-13-15-27-16-14-26/h1-10,17H,11-16H2,(H,23,24,25). The van der Waals surface area contributed by atoms with Gasteiger partial charge in [0.1, 0.15) is 5.82 Å². The SMILES string of the molecule is c1ccc(CCNc2cc(-c3ccccc3)nc(N3CCOCC3)n2)cc1. The molecule has 4 rings (SSSR count). The third-order valence-corrected chi connectivity index (χ3v) is 4.64. The van der Waals surface area contributed by atoms with Crippen molar-refractivity contribution < 1.29 is 4.74 Å². The average Bonchev–Trinajstić information content (AvgIpc) is 2.76. The average molecular weight is 360 g/mol. The van der Waals surface area contributed by atoms with Gasteiger partial charge in [0.25, 0.3) is 0 Å². The molecule has 0 bridgehead atoms. The first-order valence-electron chi connectivity index (χ1n) is 9.43. The van der Waals surface area contributed by atoms with E-state index in [0.29, 0.717) is 0 Å². The fourth-order valence-corrected chi connectivity index (χ4v) is 3.17. The van der Waals surface area contributed by atoms with E-state index >= 15 is 0 Å². The Morgan fingerprint density at radius 2 is 1.59 bits per heavy atom. The topological polar surface area (TPSA) is 50.3 Å². The van der Waals surface area contributed by atoms with Gasteiger partial charge in [-0.15, -0.1) is 0 Å². The fraction of sp³-hybridized carbons (Fsp3) is 0.273. The monoisotopic (exact) mass is 360 g/mol. The van der Waals surface area contributed by atoms with Gasteiger partial charge in [-0.3, -0.25) is 0 Å². The minimum Gasteiger partial charge on any atom is -0.378 e. The predicted octanol–water partition coefficient (Wildman–Crippen LogP) is 3.63. The molecule has 3 aromatic rings. The van der Waals surface area contributed by atoms with Crippen molar-refractivity contribution in [1.29, 1.82) is 0 Å². The highest BCUT2D eigenvalue weighted by Gasteiger charge is 2.16. The van der Waals surface area contributed by atoms with Crippen molar-refractivity contribution in [3.8, 4) is 11.3 Å². The number of aromatic nitrogens is 2. The van der Waals surface area contributed by atoms with Gasteiger partial charge in [0, 0.05) is 31.3 Å². The van der Waals surface area contributed by atoms with Crippen LogP contribution in [0.15, 0.2) is 66.7 Å². The molecule has 0 aliphatic carbocycles. The Balaban J connectivity index is 1.55. The van der Waals surface area contributed by atoms with E-state index in [0.717, 1.165) is 62.3 Å². The van der Waals surface area contributed by atoms with E-state index in [1.165, 1.54) is 5.56 Å². The largest absolute Gasteiger partial charge is 0.378 e. The maximum atomic E-state index is 5.47. The van der Waals surface area contributed by atoms with Crippen LogP contribution in [0, 0.1) is 0 Å². The Labute approximate surface area is 160 Å². The number of anilines is 2. The first-order chi connectivity index (χ1) is 13.4. The maximum absolute atomic E-state index is 5.47. The lowest BCUT2D eigenvalue weighted by Gasteiger charge is -2.27. The Hall–Kier alpha value is -2.92. The van der Waals surface area contributed by atoms with Crippen molar-refractivity contribution in [1.82, 2.24) is 9.97 Å². The molecule has 1 saturated heterocycles. The van der Waals surface area contributed by atoms with Crippen molar-refractivity contribution in [2.45, 2.75) is 6.42 Å². The van der Waals surface area contributed by atoms with Crippen LogP contribution in [0.25, 0.3) is 11.3 Å². The van der Waals surface area contributed by atoms with Gasteiger partial charge in [-0.2, -0.15) is 4.98 Å². The Bertz CT molecular complexity index is 849. The molecule has 1 aliphatic heterocycles. The van der Waals surface area contributed by atoms with Crippen molar-refractivity contribution in [2.75, 3.05) is 43.1 Å². The molecular weight excluding hydrogens is 336 g/mol.